The third-order valence-electron chi connectivity index (χ3n) is 5.56. The molecule has 0 radical (unpaired) electrons. The Morgan fingerprint density at radius 2 is 2.03 bits per heavy atom. The van der Waals surface area contributed by atoms with Gasteiger partial charge in [-0.2, -0.15) is 14.5 Å². The molecular formula is C21H24N8O2S2. The molecule has 1 aromatic carbocycles. The van der Waals surface area contributed by atoms with Gasteiger partial charge in [0.25, 0.3) is 0 Å². The fourth-order valence-electron chi connectivity index (χ4n) is 3.89. The lowest BCUT2D eigenvalue weighted by molar-refractivity contribution is 0.314. The molecule has 3 aromatic heterocycles. The van der Waals surface area contributed by atoms with Gasteiger partial charge in [-0.3, -0.25) is 9.36 Å². The Morgan fingerprint density at radius 3 is 2.82 bits per heavy atom. The lowest BCUT2D eigenvalue weighted by atomic mass is 10.0. The van der Waals surface area contributed by atoms with Crippen LogP contribution < -0.4 is 5.32 Å². The Labute approximate surface area is 195 Å². The number of benzene rings is 1. The van der Waals surface area contributed by atoms with Crippen LogP contribution >= 0.6 is 11.3 Å². The molecule has 1 saturated heterocycles. The number of aryl methyl sites for hydroxylation is 1. The van der Waals surface area contributed by atoms with Gasteiger partial charge < -0.3 is 5.32 Å². The Balaban J connectivity index is 1.24. The molecule has 1 aliphatic heterocycles. The van der Waals surface area contributed by atoms with Gasteiger partial charge in [-0.05, 0) is 18.4 Å². The predicted octanol–water partition coefficient (Wildman–Crippen LogP) is 2.83. The van der Waals surface area contributed by atoms with E-state index >= 15 is 0 Å². The van der Waals surface area contributed by atoms with Crippen molar-refractivity contribution < 1.29 is 8.42 Å². The maximum Gasteiger partial charge on any atom is 0.246 e. The van der Waals surface area contributed by atoms with E-state index in [4.69, 9.17) is 0 Å². The number of hydrogen-bond donors (Lipinski definition) is 1. The SMILES string of the molecule is Cn1cc(S(=O)(=O)N2CCCC(c3nnc(Nc4ccn(Cc5ccccc5)n4)s3)C2)cn1. The first-order valence-corrected chi connectivity index (χ1v) is 12.9. The molecule has 4 heterocycles. The molecule has 5 rings (SSSR count). The minimum Gasteiger partial charge on any atom is -0.313 e. The summed E-state index contributed by atoms with van der Waals surface area (Å²) in [6.45, 7) is 1.57. The van der Waals surface area contributed by atoms with E-state index in [1.54, 1.807) is 7.05 Å². The molecule has 33 heavy (non-hydrogen) atoms. The van der Waals surface area contributed by atoms with E-state index in [1.165, 1.54) is 38.3 Å². The first-order chi connectivity index (χ1) is 16.0. The van der Waals surface area contributed by atoms with Gasteiger partial charge in [-0.1, -0.05) is 41.7 Å². The predicted molar refractivity (Wildman–Crippen MR) is 125 cm³/mol. The molecule has 4 aromatic rings. The number of rotatable bonds is 7. The second-order valence-corrected chi connectivity index (χ2v) is 11.0. The molecule has 1 atom stereocenters. The molecule has 0 aliphatic carbocycles. The average molecular weight is 485 g/mol. The van der Waals surface area contributed by atoms with E-state index in [1.807, 2.05) is 35.1 Å². The van der Waals surface area contributed by atoms with Crippen molar-refractivity contribution in [3.05, 3.63) is 65.6 Å². The molecule has 1 aliphatic rings. The van der Waals surface area contributed by atoms with Gasteiger partial charge >= 0.3 is 0 Å². The molecule has 0 amide bonds. The van der Waals surface area contributed by atoms with Crippen LogP contribution in [0.25, 0.3) is 0 Å². The van der Waals surface area contributed by atoms with Gasteiger partial charge in [0.05, 0.1) is 12.7 Å². The number of nitrogens with one attached hydrogen (secondary N) is 1. The zero-order chi connectivity index (χ0) is 22.8. The van der Waals surface area contributed by atoms with E-state index in [-0.39, 0.29) is 10.8 Å². The summed E-state index contributed by atoms with van der Waals surface area (Å²) in [6.07, 6.45) is 6.49. The number of piperidine rings is 1. The Bertz CT molecular complexity index is 1330. The lowest BCUT2D eigenvalue weighted by Gasteiger charge is -2.30. The second-order valence-electron chi connectivity index (χ2n) is 8.01. The molecule has 10 nitrogen and oxygen atoms in total. The van der Waals surface area contributed by atoms with Gasteiger partial charge in [0.15, 0.2) is 5.82 Å². The second kappa shape index (κ2) is 9.04. The number of nitrogens with zero attached hydrogens (tertiary/aromatic N) is 7. The van der Waals surface area contributed by atoms with E-state index in [2.05, 4.69) is 37.8 Å². The van der Waals surface area contributed by atoms with Crippen LogP contribution in [0.5, 0.6) is 0 Å². The van der Waals surface area contributed by atoms with Crippen LogP contribution in [0.1, 0.15) is 29.3 Å². The largest absolute Gasteiger partial charge is 0.313 e. The van der Waals surface area contributed by atoms with Crippen LogP contribution in [0.3, 0.4) is 0 Å². The normalized spacial score (nSPS) is 17.3. The van der Waals surface area contributed by atoms with Crippen LogP contribution in [-0.2, 0) is 23.6 Å². The van der Waals surface area contributed by atoms with Crippen LogP contribution in [0.2, 0.25) is 0 Å². The highest BCUT2D eigenvalue weighted by atomic mass is 32.2. The summed E-state index contributed by atoms with van der Waals surface area (Å²) in [5.74, 6) is 0.701. The smallest absolute Gasteiger partial charge is 0.246 e. The fourth-order valence-corrected chi connectivity index (χ4v) is 6.28. The Hall–Kier alpha value is -3.09. The van der Waals surface area contributed by atoms with Crippen molar-refractivity contribution in [2.75, 3.05) is 18.4 Å². The third kappa shape index (κ3) is 4.82. The van der Waals surface area contributed by atoms with Crippen molar-refractivity contribution in [2.24, 2.45) is 7.05 Å². The summed E-state index contributed by atoms with van der Waals surface area (Å²) in [7, 11) is -1.86. The van der Waals surface area contributed by atoms with E-state index in [0.29, 0.717) is 30.6 Å². The molecule has 0 spiro atoms. The molecule has 0 saturated carbocycles. The van der Waals surface area contributed by atoms with Crippen LogP contribution in [0.15, 0.2) is 59.9 Å². The van der Waals surface area contributed by atoms with E-state index < -0.39 is 10.0 Å². The molecule has 1 N–H and O–H groups in total. The van der Waals surface area contributed by atoms with Crippen molar-refractivity contribution in [3.63, 3.8) is 0 Å². The first-order valence-electron chi connectivity index (χ1n) is 10.6. The minimum absolute atomic E-state index is 0.00823. The summed E-state index contributed by atoms with van der Waals surface area (Å²) in [5.41, 5.74) is 1.17. The summed E-state index contributed by atoms with van der Waals surface area (Å²) < 4.78 is 30.8. The third-order valence-corrected chi connectivity index (χ3v) is 8.38. The first kappa shape index (κ1) is 21.7. The van der Waals surface area contributed by atoms with E-state index in [9.17, 15) is 8.42 Å². The maximum absolute atomic E-state index is 13.0. The standard InChI is InChI=1S/C21H24N8O2S2/c1-27-15-18(12-22-27)33(30,31)29-10-5-8-17(14-29)20-24-25-21(32-20)23-19-9-11-28(26-19)13-16-6-3-2-4-7-16/h2-4,6-7,9,11-12,15,17H,5,8,10,13-14H2,1H3,(H,23,25,26). The van der Waals surface area contributed by atoms with Gasteiger partial charge in [0, 0.05) is 44.5 Å². The number of anilines is 2. The van der Waals surface area contributed by atoms with Gasteiger partial charge in [0.1, 0.15) is 9.90 Å². The van der Waals surface area contributed by atoms with Crippen molar-refractivity contribution in [2.45, 2.75) is 30.2 Å². The van der Waals surface area contributed by atoms with Crippen molar-refractivity contribution in [3.8, 4) is 0 Å². The number of hydrogen-bond acceptors (Lipinski definition) is 8. The highest BCUT2D eigenvalue weighted by Gasteiger charge is 2.33. The van der Waals surface area contributed by atoms with E-state index in [0.717, 1.165) is 17.8 Å². The summed E-state index contributed by atoms with van der Waals surface area (Å²) in [6, 6.07) is 12.0. The van der Waals surface area contributed by atoms with Gasteiger partial charge in [-0.25, -0.2) is 8.42 Å². The zero-order valence-corrected chi connectivity index (χ0v) is 19.7. The summed E-state index contributed by atoms with van der Waals surface area (Å²) in [4.78, 5) is 0.219. The highest BCUT2D eigenvalue weighted by Crippen LogP contribution is 2.33. The lowest BCUT2D eigenvalue weighted by Crippen LogP contribution is -2.38. The van der Waals surface area contributed by atoms with Gasteiger partial charge in [0.2, 0.25) is 15.2 Å². The quantitative estimate of drug-likeness (QED) is 0.429. The average Bonchev–Trinajstić information content (AvgIpc) is 3.57. The van der Waals surface area contributed by atoms with Crippen molar-refractivity contribution in [1.29, 1.82) is 0 Å². The molecule has 0 bridgehead atoms. The minimum atomic E-state index is -3.57. The molecule has 1 fully saturated rings. The van der Waals surface area contributed by atoms with Crippen LogP contribution in [0.4, 0.5) is 10.9 Å². The number of sulfonamides is 1. The topological polar surface area (TPSA) is 111 Å². The monoisotopic (exact) mass is 484 g/mol. The van der Waals surface area contributed by atoms with Crippen molar-refractivity contribution in [1.82, 2.24) is 34.1 Å². The Kier molecular flexibility index (Phi) is 5.96. The zero-order valence-electron chi connectivity index (χ0n) is 18.1. The van der Waals surface area contributed by atoms with Crippen LogP contribution in [0, 0.1) is 0 Å². The van der Waals surface area contributed by atoms with Crippen molar-refractivity contribution >= 4 is 32.3 Å². The highest BCUT2D eigenvalue weighted by molar-refractivity contribution is 7.89. The summed E-state index contributed by atoms with van der Waals surface area (Å²) in [5, 5.41) is 21.8. The Morgan fingerprint density at radius 1 is 1.18 bits per heavy atom. The number of aromatic nitrogens is 6. The molecule has 1 unspecified atom stereocenters. The molecule has 12 heteroatoms. The van der Waals surface area contributed by atoms with Gasteiger partial charge in [-0.15, -0.1) is 10.2 Å². The fraction of sp³-hybridized carbons (Fsp3) is 0.333. The molecule has 172 valence electrons. The maximum atomic E-state index is 13.0. The van der Waals surface area contributed by atoms with Crippen LogP contribution in [-0.4, -0.2) is 55.6 Å². The summed E-state index contributed by atoms with van der Waals surface area (Å²) >= 11 is 1.44. The molecular weight excluding hydrogens is 460 g/mol.